The Morgan fingerprint density at radius 3 is 2.22 bits per heavy atom. The summed E-state index contributed by atoms with van der Waals surface area (Å²) in [5, 5.41) is 8.72. The molecule has 0 N–H and O–H groups in total. The van der Waals surface area contributed by atoms with Gasteiger partial charge in [0.05, 0.1) is 25.0 Å². The van der Waals surface area contributed by atoms with E-state index in [9.17, 15) is 8.42 Å². The van der Waals surface area contributed by atoms with Crippen LogP contribution in [0.4, 0.5) is 0 Å². The van der Waals surface area contributed by atoms with E-state index >= 15 is 0 Å². The fraction of sp³-hybridized carbons (Fsp3) is 0.276. The molecule has 5 aromatic rings. The summed E-state index contributed by atoms with van der Waals surface area (Å²) in [5.41, 5.74) is 2.81. The molecule has 5 rings (SSSR count). The maximum Gasteiger partial charge on any atom is 0.169 e. The first kappa shape index (κ1) is 28.1. The smallest absolute Gasteiger partial charge is 0.169 e. The molecule has 2 aromatic carbocycles. The highest BCUT2D eigenvalue weighted by Gasteiger charge is 2.35. The van der Waals surface area contributed by atoms with Crippen LogP contribution in [0.5, 0.6) is 11.5 Å². The average molecular weight is 575 g/mol. The van der Waals surface area contributed by atoms with E-state index in [0.717, 1.165) is 22.0 Å². The molecule has 0 radical (unpaired) electrons. The minimum Gasteiger partial charge on any atom is -0.494 e. The third-order valence-electron chi connectivity index (χ3n) is 6.87. The number of rotatable bonds is 10. The predicted octanol–water partition coefficient (Wildman–Crippen LogP) is 4.29. The van der Waals surface area contributed by atoms with E-state index in [1.165, 1.54) is 21.3 Å². The molecule has 0 saturated heterocycles. The van der Waals surface area contributed by atoms with Crippen LogP contribution in [-0.4, -0.2) is 64.7 Å². The Morgan fingerprint density at radius 1 is 0.878 bits per heavy atom. The lowest BCUT2D eigenvalue weighted by Gasteiger charge is -2.22. The van der Waals surface area contributed by atoms with E-state index in [0.29, 0.717) is 23.0 Å². The van der Waals surface area contributed by atoms with Crippen LogP contribution in [0.15, 0.2) is 67.1 Å². The fourth-order valence-electron chi connectivity index (χ4n) is 4.73. The highest BCUT2D eigenvalue weighted by molar-refractivity contribution is 7.91. The van der Waals surface area contributed by atoms with Crippen molar-refractivity contribution in [2.45, 2.75) is 31.0 Å². The number of pyridine rings is 1. The van der Waals surface area contributed by atoms with Gasteiger partial charge < -0.3 is 14.2 Å². The van der Waals surface area contributed by atoms with Crippen molar-refractivity contribution in [2.75, 3.05) is 21.3 Å². The summed E-state index contributed by atoms with van der Waals surface area (Å²) in [5.74, 6) is 1.34. The van der Waals surface area contributed by atoms with E-state index in [2.05, 4.69) is 25.1 Å². The monoisotopic (exact) mass is 574 g/mol. The Labute approximate surface area is 238 Å². The van der Waals surface area contributed by atoms with Crippen molar-refractivity contribution in [3.63, 3.8) is 0 Å². The third kappa shape index (κ3) is 5.35. The maximum absolute atomic E-state index is 13.9. The van der Waals surface area contributed by atoms with Crippen LogP contribution < -0.4 is 9.47 Å². The van der Waals surface area contributed by atoms with Gasteiger partial charge in [-0.1, -0.05) is 24.3 Å². The van der Waals surface area contributed by atoms with Crippen LogP contribution in [0.25, 0.3) is 28.0 Å². The summed E-state index contributed by atoms with van der Waals surface area (Å²) >= 11 is 0. The number of hydrogen-bond acceptors (Lipinski definition) is 10. The van der Waals surface area contributed by atoms with Crippen molar-refractivity contribution in [2.24, 2.45) is 0 Å². The molecule has 212 valence electrons. The van der Waals surface area contributed by atoms with E-state index < -0.39 is 26.9 Å². The van der Waals surface area contributed by atoms with Gasteiger partial charge in [-0.05, 0) is 43.7 Å². The fourth-order valence-corrected chi connectivity index (χ4v) is 6.15. The lowest BCUT2D eigenvalue weighted by molar-refractivity contribution is 0.0947. The van der Waals surface area contributed by atoms with E-state index in [4.69, 9.17) is 14.2 Å². The molecule has 0 fully saturated rings. The Morgan fingerprint density at radius 2 is 1.56 bits per heavy atom. The molecule has 0 aliphatic heterocycles. The largest absolute Gasteiger partial charge is 0.494 e. The Balaban J connectivity index is 1.68. The molecule has 0 bridgehead atoms. The summed E-state index contributed by atoms with van der Waals surface area (Å²) in [6.07, 6.45) is 4.08. The Bertz CT molecular complexity index is 1760. The molecule has 0 saturated carbocycles. The van der Waals surface area contributed by atoms with E-state index in [-0.39, 0.29) is 11.6 Å². The highest BCUT2D eigenvalue weighted by atomic mass is 32.2. The zero-order valence-electron chi connectivity index (χ0n) is 23.3. The first-order valence-corrected chi connectivity index (χ1v) is 14.5. The number of ether oxygens (including phenoxy) is 3. The number of methoxy groups -OCH3 is 3. The number of fused-ring (bicyclic) bond motifs is 1. The highest BCUT2D eigenvalue weighted by Crippen LogP contribution is 2.38. The number of aromatic nitrogens is 6. The zero-order chi connectivity index (χ0) is 29.1. The van der Waals surface area contributed by atoms with Crippen LogP contribution in [0.2, 0.25) is 0 Å². The van der Waals surface area contributed by atoms with Gasteiger partial charge in [-0.3, -0.25) is 9.55 Å². The number of para-hydroxylation sites is 1. The van der Waals surface area contributed by atoms with Gasteiger partial charge in [-0.2, -0.15) is 0 Å². The summed E-state index contributed by atoms with van der Waals surface area (Å²) < 4.78 is 46.4. The van der Waals surface area contributed by atoms with Gasteiger partial charge in [-0.25, -0.2) is 18.4 Å². The number of nitrogens with zero attached hydrogens (tertiary/aromatic N) is 6. The molecule has 0 spiro atoms. The minimum atomic E-state index is -3.89. The van der Waals surface area contributed by atoms with E-state index in [1.807, 2.05) is 37.3 Å². The molecule has 41 heavy (non-hydrogen) atoms. The number of hydrogen-bond donors (Lipinski definition) is 0. The second-order valence-electron chi connectivity index (χ2n) is 9.45. The molecule has 0 amide bonds. The summed E-state index contributed by atoms with van der Waals surface area (Å²) in [6, 6.07) is 14.7. The predicted molar refractivity (Wildman–Crippen MR) is 154 cm³/mol. The van der Waals surface area contributed by atoms with Crippen LogP contribution in [-0.2, 0) is 20.3 Å². The Hall–Kier alpha value is -4.42. The summed E-state index contributed by atoms with van der Waals surface area (Å²) in [4.78, 5) is 13.1. The molecule has 2 atom stereocenters. The molecule has 0 aliphatic rings. The minimum absolute atomic E-state index is 0.176. The quantitative estimate of drug-likeness (QED) is 0.238. The van der Waals surface area contributed by atoms with Crippen molar-refractivity contribution in [1.29, 1.82) is 0 Å². The van der Waals surface area contributed by atoms with Crippen LogP contribution in [0.1, 0.15) is 30.2 Å². The summed E-state index contributed by atoms with van der Waals surface area (Å²) in [6.45, 7) is 3.43. The van der Waals surface area contributed by atoms with Crippen molar-refractivity contribution in [1.82, 2.24) is 29.7 Å². The first-order chi connectivity index (χ1) is 19.8. The SMILES string of the molecule is COc1cccc(OC)c1-n1c(CS(=O)(=O)[C@@H](C)[C@H](OC)c2ncc(C)cn2)nnc1-c1cccc2ncccc12. The van der Waals surface area contributed by atoms with Gasteiger partial charge in [0.1, 0.15) is 29.0 Å². The lowest BCUT2D eigenvalue weighted by atomic mass is 10.1. The van der Waals surface area contributed by atoms with Crippen LogP contribution in [0.3, 0.4) is 0 Å². The van der Waals surface area contributed by atoms with E-state index in [1.54, 1.807) is 48.3 Å². The second kappa shape index (κ2) is 11.6. The average Bonchev–Trinajstić information content (AvgIpc) is 3.39. The topological polar surface area (TPSA) is 131 Å². The van der Waals surface area contributed by atoms with Gasteiger partial charge in [0, 0.05) is 36.7 Å². The standard InChI is InChI=1S/C29H30N6O5S/c1-18-15-31-28(32-16-18)27(40-5)19(2)41(36,37)17-25-33-34-29(21-9-6-11-22-20(21)10-8-14-30-22)35(25)26-23(38-3)12-7-13-24(26)39-4/h6-16,19,27H,17H2,1-5H3/t19-,27-/m0/s1. The van der Waals surface area contributed by atoms with Gasteiger partial charge in [0.25, 0.3) is 0 Å². The molecule has 12 heteroatoms. The van der Waals surface area contributed by atoms with Gasteiger partial charge in [0.2, 0.25) is 0 Å². The molecule has 0 unspecified atom stereocenters. The summed E-state index contributed by atoms with van der Waals surface area (Å²) in [7, 11) is 0.623. The van der Waals surface area contributed by atoms with Crippen molar-refractivity contribution in [3.05, 3.63) is 84.3 Å². The van der Waals surface area contributed by atoms with Crippen LogP contribution >= 0.6 is 0 Å². The van der Waals surface area contributed by atoms with Crippen LogP contribution in [0, 0.1) is 6.92 Å². The lowest BCUT2D eigenvalue weighted by Crippen LogP contribution is -2.30. The number of aryl methyl sites for hydroxylation is 1. The molecule has 0 aliphatic carbocycles. The zero-order valence-corrected chi connectivity index (χ0v) is 24.2. The van der Waals surface area contributed by atoms with Crippen molar-refractivity contribution >= 4 is 20.7 Å². The Kier molecular flexibility index (Phi) is 7.95. The second-order valence-corrected chi connectivity index (χ2v) is 11.8. The maximum atomic E-state index is 13.9. The third-order valence-corrected chi connectivity index (χ3v) is 8.92. The van der Waals surface area contributed by atoms with Crippen molar-refractivity contribution in [3.8, 4) is 28.6 Å². The van der Waals surface area contributed by atoms with Gasteiger partial charge in [-0.15, -0.1) is 10.2 Å². The first-order valence-electron chi connectivity index (χ1n) is 12.8. The number of sulfone groups is 1. The molecular formula is C29H30N6O5S. The van der Waals surface area contributed by atoms with Crippen molar-refractivity contribution < 1.29 is 22.6 Å². The molecular weight excluding hydrogens is 544 g/mol. The molecule has 11 nitrogen and oxygen atoms in total. The molecule has 3 heterocycles. The molecule has 3 aromatic heterocycles. The van der Waals surface area contributed by atoms with Gasteiger partial charge in [0.15, 0.2) is 27.3 Å². The van der Waals surface area contributed by atoms with Gasteiger partial charge >= 0.3 is 0 Å². The number of benzene rings is 2. The normalized spacial score (nSPS) is 13.2.